The van der Waals surface area contributed by atoms with Gasteiger partial charge < -0.3 is 10.6 Å². The maximum atomic E-state index is 11.2. The van der Waals surface area contributed by atoms with Gasteiger partial charge in [-0.05, 0) is 31.5 Å². The van der Waals surface area contributed by atoms with Crippen molar-refractivity contribution in [1.82, 2.24) is 4.90 Å². The van der Waals surface area contributed by atoms with E-state index in [9.17, 15) is 10.1 Å². The third-order valence-corrected chi connectivity index (χ3v) is 3.67. The molecule has 6 heteroatoms. The summed E-state index contributed by atoms with van der Waals surface area (Å²) < 4.78 is 0. The van der Waals surface area contributed by atoms with Gasteiger partial charge in [-0.2, -0.15) is 0 Å². The van der Waals surface area contributed by atoms with Crippen molar-refractivity contribution in [1.29, 1.82) is 0 Å². The molecule has 0 bridgehead atoms. The average Bonchev–Trinajstić information content (AvgIpc) is 3.27. The fraction of sp³-hybridized carbons (Fsp3) is 0.571. The zero-order chi connectivity index (χ0) is 14.5. The number of hydrogen-bond acceptors (Lipinski definition) is 5. The second-order valence-corrected chi connectivity index (χ2v) is 5.00. The van der Waals surface area contributed by atoms with Crippen LogP contribution in [0, 0.1) is 10.1 Å². The van der Waals surface area contributed by atoms with Gasteiger partial charge >= 0.3 is 5.69 Å². The van der Waals surface area contributed by atoms with Crippen molar-refractivity contribution in [3.05, 3.63) is 28.3 Å². The minimum atomic E-state index is -0.341. The van der Waals surface area contributed by atoms with E-state index >= 15 is 0 Å². The predicted molar refractivity (Wildman–Crippen MR) is 81.4 cm³/mol. The molecule has 1 aromatic carbocycles. The van der Waals surface area contributed by atoms with Gasteiger partial charge in [-0.3, -0.25) is 15.0 Å². The molecule has 1 fully saturated rings. The summed E-state index contributed by atoms with van der Waals surface area (Å²) in [6.07, 6.45) is 2.56. The first-order valence-corrected chi connectivity index (χ1v) is 7.10. The van der Waals surface area contributed by atoms with E-state index in [0.717, 1.165) is 25.7 Å². The van der Waals surface area contributed by atoms with Crippen molar-refractivity contribution in [3.8, 4) is 0 Å². The maximum absolute atomic E-state index is 11.2. The molecule has 0 radical (unpaired) electrons. The molecule has 2 rings (SSSR count). The first kappa shape index (κ1) is 14.6. The molecule has 0 aromatic heterocycles. The Balaban J connectivity index is 1.99. The van der Waals surface area contributed by atoms with Crippen LogP contribution in [-0.4, -0.2) is 42.5 Å². The summed E-state index contributed by atoms with van der Waals surface area (Å²) in [5, 5.41) is 17.2. The molecule has 0 aliphatic heterocycles. The Kier molecular flexibility index (Phi) is 4.79. The lowest BCUT2D eigenvalue weighted by Crippen LogP contribution is -2.31. The molecule has 0 unspecified atom stereocenters. The van der Waals surface area contributed by atoms with Gasteiger partial charge in [0.05, 0.1) is 4.92 Å². The molecule has 110 valence electrons. The van der Waals surface area contributed by atoms with Crippen LogP contribution >= 0.6 is 0 Å². The molecule has 6 nitrogen and oxygen atoms in total. The fourth-order valence-electron chi connectivity index (χ4n) is 2.46. The summed E-state index contributed by atoms with van der Waals surface area (Å²) in [4.78, 5) is 13.3. The van der Waals surface area contributed by atoms with Crippen LogP contribution in [0.25, 0.3) is 0 Å². The third-order valence-electron chi connectivity index (χ3n) is 3.67. The molecule has 1 aliphatic carbocycles. The number of hydrogen-bond donors (Lipinski definition) is 2. The lowest BCUT2D eigenvalue weighted by atomic mass is 10.2. The largest absolute Gasteiger partial charge is 0.382 e. The molecule has 2 N–H and O–H groups in total. The highest BCUT2D eigenvalue weighted by Crippen LogP contribution is 2.32. The van der Waals surface area contributed by atoms with E-state index in [1.807, 2.05) is 6.07 Å². The van der Waals surface area contributed by atoms with Crippen LogP contribution in [0.1, 0.15) is 19.8 Å². The van der Waals surface area contributed by atoms with Gasteiger partial charge in [-0.1, -0.05) is 13.0 Å². The molecular formula is C14H22N4O2. The van der Waals surface area contributed by atoms with E-state index in [0.29, 0.717) is 11.4 Å². The minimum absolute atomic E-state index is 0.115. The summed E-state index contributed by atoms with van der Waals surface area (Å²) in [7, 11) is 1.69. The van der Waals surface area contributed by atoms with E-state index in [-0.39, 0.29) is 10.6 Å². The summed E-state index contributed by atoms with van der Waals surface area (Å²) in [6, 6.07) is 6.01. The van der Waals surface area contributed by atoms with Crippen molar-refractivity contribution < 1.29 is 4.92 Å². The van der Waals surface area contributed by atoms with Crippen LogP contribution in [-0.2, 0) is 0 Å². The number of para-hydroxylation sites is 1. The monoisotopic (exact) mass is 278 g/mol. The molecular weight excluding hydrogens is 256 g/mol. The normalized spacial score (nSPS) is 14.3. The van der Waals surface area contributed by atoms with E-state index in [1.54, 1.807) is 19.2 Å². The number of rotatable bonds is 8. The van der Waals surface area contributed by atoms with Gasteiger partial charge in [0.2, 0.25) is 0 Å². The Bertz CT molecular complexity index is 474. The van der Waals surface area contributed by atoms with Crippen molar-refractivity contribution in [2.45, 2.75) is 25.8 Å². The fourth-order valence-corrected chi connectivity index (χ4v) is 2.46. The molecule has 0 atom stereocenters. The first-order chi connectivity index (χ1) is 9.67. The Morgan fingerprint density at radius 2 is 2.10 bits per heavy atom. The number of benzene rings is 1. The van der Waals surface area contributed by atoms with Gasteiger partial charge in [-0.15, -0.1) is 0 Å². The molecule has 0 heterocycles. The second kappa shape index (κ2) is 6.56. The van der Waals surface area contributed by atoms with Crippen LogP contribution in [0.2, 0.25) is 0 Å². The summed E-state index contributed by atoms with van der Waals surface area (Å²) in [5.41, 5.74) is 1.23. The van der Waals surface area contributed by atoms with Crippen LogP contribution in [0.4, 0.5) is 17.1 Å². The van der Waals surface area contributed by atoms with Crippen LogP contribution in [0.5, 0.6) is 0 Å². The molecule has 0 spiro atoms. The average molecular weight is 278 g/mol. The van der Waals surface area contributed by atoms with Crippen molar-refractivity contribution >= 4 is 17.1 Å². The number of likely N-dealkylation sites (N-methyl/N-ethyl adjacent to an activating group) is 1. The third kappa shape index (κ3) is 3.39. The Labute approximate surface area is 119 Å². The number of anilines is 2. The summed E-state index contributed by atoms with van der Waals surface area (Å²) >= 11 is 0. The Hall–Kier alpha value is -1.82. The lowest BCUT2D eigenvalue weighted by molar-refractivity contribution is -0.383. The minimum Gasteiger partial charge on any atom is -0.382 e. The SMILES string of the molecule is CCN(CCNc1cccc(NC)c1[N+](=O)[O-])C1CC1. The van der Waals surface area contributed by atoms with Gasteiger partial charge in [-0.25, -0.2) is 0 Å². The van der Waals surface area contributed by atoms with E-state index in [1.165, 1.54) is 12.8 Å². The predicted octanol–water partition coefficient (Wildman–Crippen LogP) is 2.53. The van der Waals surface area contributed by atoms with E-state index < -0.39 is 0 Å². The first-order valence-electron chi connectivity index (χ1n) is 7.10. The molecule has 1 saturated carbocycles. The Morgan fingerprint density at radius 1 is 1.40 bits per heavy atom. The highest BCUT2D eigenvalue weighted by atomic mass is 16.6. The standard InChI is InChI=1S/C14H22N4O2/c1-3-17(11-7-8-11)10-9-16-13-6-4-5-12(15-2)14(13)18(19)20/h4-6,11,15-16H,3,7-10H2,1-2H3. The lowest BCUT2D eigenvalue weighted by Gasteiger charge is -2.20. The number of nitro benzene ring substituents is 1. The van der Waals surface area contributed by atoms with Crippen molar-refractivity contribution in [2.75, 3.05) is 37.3 Å². The highest BCUT2D eigenvalue weighted by Gasteiger charge is 2.27. The van der Waals surface area contributed by atoms with Gasteiger partial charge in [0.15, 0.2) is 0 Å². The second-order valence-electron chi connectivity index (χ2n) is 5.00. The van der Waals surface area contributed by atoms with E-state index in [2.05, 4.69) is 22.5 Å². The van der Waals surface area contributed by atoms with Crippen LogP contribution < -0.4 is 10.6 Å². The van der Waals surface area contributed by atoms with Crippen molar-refractivity contribution in [2.24, 2.45) is 0 Å². The van der Waals surface area contributed by atoms with Gasteiger partial charge in [0.1, 0.15) is 11.4 Å². The molecule has 0 amide bonds. The molecule has 0 saturated heterocycles. The Morgan fingerprint density at radius 3 is 2.65 bits per heavy atom. The molecule has 20 heavy (non-hydrogen) atoms. The van der Waals surface area contributed by atoms with Gasteiger partial charge in [0, 0.05) is 26.2 Å². The number of nitrogens with zero attached hydrogens (tertiary/aromatic N) is 2. The molecule has 1 aromatic rings. The van der Waals surface area contributed by atoms with Gasteiger partial charge in [0.25, 0.3) is 0 Å². The maximum Gasteiger partial charge on any atom is 0.315 e. The van der Waals surface area contributed by atoms with E-state index in [4.69, 9.17) is 0 Å². The zero-order valence-electron chi connectivity index (χ0n) is 12.1. The quantitative estimate of drug-likeness (QED) is 0.565. The smallest absolute Gasteiger partial charge is 0.315 e. The summed E-state index contributed by atoms with van der Waals surface area (Å²) in [6.45, 7) is 4.83. The zero-order valence-corrected chi connectivity index (χ0v) is 12.1. The van der Waals surface area contributed by atoms with Crippen LogP contribution in [0.3, 0.4) is 0 Å². The topological polar surface area (TPSA) is 70.4 Å². The highest BCUT2D eigenvalue weighted by molar-refractivity contribution is 5.75. The number of nitrogens with one attached hydrogen (secondary N) is 2. The number of nitro groups is 1. The van der Waals surface area contributed by atoms with Crippen molar-refractivity contribution in [3.63, 3.8) is 0 Å². The van der Waals surface area contributed by atoms with Crippen LogP contribution in [0.15, 0.2) is 18.2 Å². The molecule has 1 aliphatic rings. The summed E-state index contributed by atoms with van der Waals surface area (Å²) in [5.74, 6) is 0.